The fraction of sp³-hybridized carbons (Fsp3) is 0.500. The van der Waals surface area contributed by atoms with Crippen molar-refractivity contribution in [1.82, 2.24) is 0 Å². The number of furan rings is 1. The molecule has 1 fully saturated rings. The summed E-state index contributed by atoms with van der Waals surface area (Å²) in [6, 6.07) is 9.72. The van der Waals surface area contributed by atoms with Crippen molar-refractivity contribution in [3.8, 4) is 0 Å². The first kappa shape index (κ1) is 13.4. The number of hydrogen-bond acceptors (Lipinski definition) is 2. The van der Waals surface area contributed by atoms with E-state index in [0.717, 1.165) is 35.6 Å². The molecule has 1 aromatic heterocycles. The van der Waals surface area contributed by atoms with Crippen LogP contribution in [0.1, 0.15) is 50.1 Å². The van der Waals surface area contributed by atoms with Crippen molar-refractivity contribution in [3.05, 3.63) is 36.1 Å². The number of para-hydroxylation sites is 1. The SMILES string of the molecule is CC(C)C1CCC(C(=O)c2cc3ccccc3o2)CC1. The Morgan fingerprint density at radius 3 is 2.50 bits per heavy atom. The molecule has 1 heterocycles. The van der Waals surface area contributed by atoms with E-state index in [-0.39, 0.29) is 11.7 Å². The average Bonchev–Trinajstić information content (AvgIpc) is 2.90. The van der Waals surface area contributed by atoms with Gasteiger partial charge in [0.2, 0.25) is 5.78 Å². The van der Waals surface area contributed by atoms with E-state index in [1.807, 2.05) is 30.3 Å². The maximum Gasteiger partial charge on any atom is 0.201 e. The standard InChI is InChI=1S/C18H22O2/c1-12(2)13-7-9-14(10-8-13)18(19)17-11-15-5-3-4-6-16(15)20-17/h3-6,11-14H,7-10H2,1-2H3. The lowest BCUT2D eigenvalue weighted by molar-refractivity contribution is 0.0832. The van der Waals surface area contributed by atoms with Crippen molar-refractivity contribution < 1.29 is 9.21 Å². The molecule has 0 unspecified atom stereocenters. The first-order valence-corrected chi connectivity index (χ1v) is 7.68. The molecule has 2 aromatic rings. The quantitative estimate of drug-likeness (QED) is 0.728. The van der Waals surface area contributed by atoms with Crippen molar-refractivity contribution >= 4 is 16.8 Å². The molecule has 0 spiro atoms. The number of ketones is 1. The summed E-state index contributed by atoms with van der Waals surface area (Å²) in [5, 5.41) is 1.02. The topological polar surface area (TPSA) is 30.2 Å². The number of carbonyl (C=O) groups is 1. The van der Waals surface area contributed by atoms with Gasteiger partial charge in [-0.15, -0.1) is 0 Å². The Balaban J connectivity index is 1.73. The van der Waals surface area contributed by atoms with Crippen LogP contribution < -0.4 is 0 Å². The Hall–Kier alpha value is -1.57. The lowest BCUT2D eigenvalue weighted by atomic mass is 9.75. The van der Waals surface area contributed by atoms with E-state index in [2.05, 4.69) is 13.8 Å². The van der Waals surface area contributed by atoms with Gasteiger partial charge in [-0.25, -0.2) is 0 Å². The van der Waals surface area contributed by atoms with E-state index in [9.17, 15) is 4.79 Å². The highest BCUT2D eigenvalue weighted by atomic mass is 16.3. The summed E-state index contributed by atoms with van der Waals surface area (Å²) in [6.45, 7) is 4.57. The predicted molar refractivity (Wildman–Crippen MR) is 80.8 cm³/mol. The highest BCUT2D eigenvalue weighted by Gasteiger charge is 2.29. The predicted octanol–water partition coefficient (Wildman–Crippen LogP) is 5.08. The Morgan fingerprint density at radius 2 is 1.85 bits per heavy atom. The fourth-order valence-corrected chi connectivity index (χ4v) is 3.35. The molecule has 1 saturated carbocycles. The lowest BCUT2D eigenvalue weighted by Crippen LogP contribution is -2.24. The van der Waals surface area contributed by atoms with Gasteiger partial charge in [-0.05, 0) is 49.7 Å². The van der Waals surface area contributed by atoms with Crippen LogP contribution in [-0.2, 0) is 0 Å². The second-order valence-corrected chi connectivity index (χ2v) is 6.37. The zero-order valence-corrected chi connectivity index (χ0v) is 12.3. The van der Waals surface area contributed by atoms with Gasteiger partial charge in [0, 0.05) is 11.3 Å². The molecule has 0 saturated heterocycles. The molecular formula is C18H22O2. The fourth-order valence-electron chi connectivity index (χ4n) is 3.35. The van der Waals surface area contributed by atoms with Crippen molar-refractivity contribution in [2.75, 3.05) is 0 Å². The van der Waals surface area contributed by atoms with Crippen LogP contribution in [0.15, 0.2) is 34.7 Å². The number of fused-ring (bicyclic) bond motifs is 1. The van der Waals surface area contributed by atoms with Gasteiger partial charge in [0.1, 0.15) is 5.58 Å². The molecule has 0 atom stereocenters. The molecule has 0 N–H and O–H groups in total. The number of rotatable bonds is 3. The Kier molecular flexibility index (Phi) is 3.64. The zero-order valence-electron chi connectivity index (χ0n) is 12.3. The van der Waals surface area contributed by atoms with E-state index in [1.165, 1.54) is 12.8 Å². The molecule has 1 aliphatic carbocycles. The second kappa shape index (κ2) is 5.43. The molecule has 2 nitrogen and oxygen atoms in total. The Morgan fingerprint density at radius 1 is 1.15 bits per heavy atom. The van der Waals surface area contributed by atoms with Crippen LogP contribution in [0.25, 0.3) is 11.0 Å². The van der Waals surface area contributed by atoms with Crippen LogP contribution in [0, 0.1) is 17.8 Å². The minimum absolute atomic E-state index is 0.158. The van der Waals surface area contributed by atoms with Gasteiger partial charge in [0.05, 0.1) is 0 Å². The molecule has 0 radical (unpaired) electrons. The molecule has 2 heteroatoms. The third-order valence-electron chi connectivity index (χ3n) is 4.75. The first-order valence-electron chi connectivity index (χ1n) is 7.68. The summed E-state index contributed by atoms with van der Waals surface area (Å²) < 4.78 is 5.71. The summed E-state index contributed by atoms with van der Waals surface area (Å²) in [7, 11) is 0. The molecule has 1 aromatic carbocycles. The van der Waals surface area contributed by atoms with Gasteiger partial charge >= 0.3 is 0 Å². The number of Topliss-reactive ketones (excluding diaryl/α,β-unsaturated/α-hetero) is 1. The summed E-state index contributed by atoms with van der Waals surface area (Å²) in [5.74, 6) is 2.42. The minimum Gasteiger partial charge on any atom is -0.453 e. The van der Waals surface area contributed by atoms with Crippen LogP contribution in [0.3, 0.4) is 0 Å². The molecule has 20 heavy (non-hydrogen) atoms. The number of benzene rings is 1. The van der Waals surface area contributed by atoms with Crippen molar-refractivity contribution in [2.45, 2.75) is 39.5 Å². The first-order chi connectivity index (χ1) is 9.65. The van der Waals surface area contributed by atoms with E-state index in [4.69, 9.17) is 4.42 Å². The van der Waals surface area contributed by atoms with Crippen LogP contribution in [0.4, 0.5) is 0 Å². The van der Waals surface area contributed by atoms with Crippen LogP contribution in [0.5, 0.6) is 0 Å². The molecule has 1 aliphatic rings. The van der Waals surface area contributed by atoms with Gasteiger partial charge in [-0.3, -0.25) is 4.79 Å². The minimum atomic E-state index is 0.158. The van der Waals surface area contributed by atoms with Gasteiger partial charge < -0.3 is 4.42 Å². The molecule has 0 amide bonds. The molecular weight excluding hydrogens is 248 g/mol. The summed E-state index contributed by atoms with van der Waals surface area (Å²) in [6.07, 6.45) is 4.38. The smallest absolute Gasteiger partial charge is 0.201 e. The van der Waals surface area contributed by atoms with Crippen molar-refractivity contribution in [1.29, 1.82) is 0 Å². The highest BCUT2D eigenvalue weighted by molar-refractivity contribution is 5.99. The lowest BCUT2D eigenvalue weighted by Gasteiger charge is -2.29. The molecule has 106 valence electrons. The summed E-state index contributed by atoms with van der Waals surface area (Å²) in [4.78, 5) is 12.6. The van der Waals surface area contributed by atoms with Gasteiger partial charge in [-0.2, -0.15) is 0 Å². The van der Waals surface area contributed by atoms with E-state index in [1.54, 1.807) is 0 Å². The van der Waals surface area contributed by atoms with E-state index in [0.29, 0.717) is 5.76 Å². The van der Waals surface area contributed by atoms with Gasteiger partial charge in [-0.1, -0.05) is 32.0 Å². The maximum atomic E-state index is 12.6. The normalized spacial score (nSPS) is 23.4. The average molecular weight is 270 g/mol. The zero-order chi connectivity index (χ0) is 14.1. The maximum absolute atomic E-state index is 12.6. The van der Waals surface area contributed by atoms with Crippen LogP contribution >= 0.6 is 0 Å². The monoisotopic (exact) mass is 270 g/mol. The van der Waals surface area contributed by atoms with Gasteiger partial charge in [0.25, 0.3) is 0 Å². The van der Waals surface area contributed by atoms with E-state index < -0.39 is 0 Å². The molecule has 0 aliphatic heterocycles. The van der Waals surface area contributed by atoms with Gasteiger partial charge in [0.15, 0.2) is 5.76 Å². The van der Waals surface area contributed by atoms with Crippen LogP contribution in [0.2, 0.25) is 0 Å². The number of hydrogen-bond donors (Lipinski definition) is 0. The summed E-state index contributed by atoms with van der Waals surface area (Å²) in [5.41, 5.74) is 0.812. The van der Waals surface area contributed by atoms with Crippen LogP contribution in [-0.4, -0.2) is 5.78 Å². The number of carbonyl (C=O) groups excluding carboxylic acids is 1. The molecule has 3 rings (SSSR count). The Bertz CT molecular complexity index is 568. The second-order valence-electron chi connectivity index (χ2n) is 6.37. The largest absolute Gasteiger partial charge is 0.453 e. The Labute approximate surface area is 120 Å². The van der Waals surface area contributed by atoms with Crippen molar-refractivity contribution in [2.24, 2.45) is 17.8 Å². The highest BCUT2D eigenvalue weighted by Crippen LogP contribution is 2.35. The summed E-state index contributed by atoms with van der Waals surface area (Å²) >= 11 is 0. The third-order valence-corrected chi connectivity index (χ3v) is 4.75. The third kappa shape index (κ3) is 2.52. The molecule has 0 bridgehead atoms. The van der Waals surface area contributed by atoms with E-state index >= 15 is 0 Å². The van der Waals surface area contributed by atoms with Crippen molar-refractivity contribution in [3.63, 3.8) is 0 Å².